The van der Waals surface area contributed by atoms with Crippen molar-refractivity contribution in [2.24, 2.45) is 0 Å². The molecule has 1 unspecified atom stereocenters. The Morgan fingerprint density at radius 2 is 1.62 bits per heavy atom. The molecule has 0 N–H and O–H groups in total. The van der Waals surface area contributed by atoms with Crippen LogP contribution in [0, 0.1) is 3.57 Å². The van der Waals surface area contributed by atoms with E-state index in [-0.39, 0.29) is 29.5 Å². The van der Waals surface area contributed by atoms with Crippen LogP contribution in [0.15, 0.2) is 18.2 Å². The van der Waals surface area contributed by atoms with Crippen LogP contribution in [0.1, 0.15) is 79.9 Å². The molecular weight excluding hydrogens is 439 g/mol. The lowest BCUT2D eigenvalue weighted by atomic mass is 9.77. The number of carbonyl (C=O) groups is 1. The van der Waals surface area contributed by atoms with E-state index in [1.54, 1.807) is 0 Å². The van der Waals surface area contributed by atoms with Crippen molar-refractivity contribution in [3.8, 4) is 0 Å². The summed E-state index contributed by atoms with van der Waals surface area (Å²) in [6.07, 6.45) is 0.965. The third kappa shape index (κ3) is 7.18. The van der Waals surface area contributed by atoms with Crippen LogP contribution in [0.3, 0.4) is 0 Å². The molecular formula is C22H35IO3. The Bertz CT molecular complexity index is 621. The van der Waals surface area contributed by atoms with Gasteiger partial charge < -0.3 is 9.47 Å². The summed E-state index contributed by atoms with van der Waals surface area (Å²) in [4.78, 5) is 12.5. The predicted molar refractivity (Wildman–Crippen MR) is 117 cm³/mol. The van der Waals surface area contributed by atoms with Gasteiger partial charge in [-0.15, -0.1) is 0 Å². The first-order valence-electron chi connectivity index (χ1n) is 9.34. The monoisotopic (exact) mass is 474 g/mol. The van der Waals surface area contributed by atoms with Gasteiger partial charge in [0.1, 0.15) is 5.60 Å². The summed E-state index contributed by atoms with van der Waals surface area (Å²) >= 11 is 2.39. The maximum absolute atomic E-state index is 12.5. The van der Waals surface area contributed by atoms with Crippen LogP contribution in [-0.4, -0.2) is 23.3 Å². The molecule has 0 spiro atoms. The molecule has 3 nitrogen and oxygen atoms in total. The van der Waals surface area contributed by atoms with Crippen molar-refractivity contribution in [2.75, 3.05) is 0 Å². The van der Waals surface area contributed by atoms with Crippen molar-refractivity contribution in [1.82, 2.24) is 0 Å². The third-order valence-electron chi connectivity index (χ3n) is 4.25. The second-order valence-electron chi connectivity index (χ2n) is 9.39. The lowest BCUT2D eigenvalue weighted by molar-refractivity contribution is -0.163. The summed E-state index contributed by atoms with van der Waals surface area (Å²) < 4.78 is 13.1. The Morgan fingerprint density at radius 3 is 2.04 bits per heavy atom. The minimum atomic E-state index is -0.494. The van der Waals surface area contributed by atoms with Crippen molar-refractivity contribution < 1.29 is 14.3 Å². The molecule has 0 aliphatic rings. The molecule has 1 aromatic rings. The molecule has 0 fully saturated rings. The highest BCUT2D eigenvalue weighted by Crippen LogP contribution is 2.35. The van der Waals surface area contributed by atoms with Gasteiger partial charge >= 0.3 is 5.97 Å². The van der Waals surface area contributed by atoms with Gasteiger partial charge in [0, 0.05) is 8.99 Å². The first kappa shape index (κ1) is 23.4. The fraction of sp³-hybridized carbons (Fsp3) is 0.682. The van der Waals surface area contributed by atoms with Crippen molar-refractivity contribution >= 4 is 28.6 Å². The molecule has 0 amide bonds. The van der Waals surface area contributed by atoms with E-state index in [1.165, 1.54) is 14.7 Å². The third-order valence-corrected chi connectivity index (χ3v) is 5.26. The zero-order valence-corrected chi connectivity index (χ0v) is 20.0. The van der Waals surface area contributed by atoms with Gasteiger partial charge in [0.05, 0.1) is 18.1 Å². The van der Waals surface area contributed by atoms with Crippen molar-refractivity contribution in [3.05, 3.63) is 32.9 Å². The van der Waals surface area contributed by atoms with Crippen LogP contribution in [0.25, 0.3) is 0 Å². The molecule has 1 atom stereocenters. The number of ether oxygens (including phenoxy) is 2. The molecule has 26 heavy (non-hydrogen) atoms. The van der Waals surface area contributed by atoms with Crippen molar-refractivity contribution in [3.63, 3.8) is 0 Å². The lowest BCUT2D eigenvalue weighted by Gasteiger charge is -2.39. The molecule has 0 saturated heterocycles. The lowest BCUT2D eigenvalue weighted by Crippen LogP contribution is -2.43. The summed E-state index contributed by atoms with van der Waals surface area (Å²) in [7, 11) is 0. The van der Waals surface area contributed by atoms with Gasteiger partial charge in [-0.1, -0.05) is 32.9 Å². The summed E-state index contributed by atoms with van der Waals surface area (Å²) in [6.45, 7) is 18.2. The van der Waals surface area contributed by atoms with E-state index in [1.807, 2.05) is 41.5 Å². The minimum Gasteiger partial charge on any atom is -0.460 e. The van der Waals surface area contributed by atoms with Crippen LogP contribution < -0.4 is 0 Å². The van der Waals surface area contributed by atoms with Crippen LogP contribution in [0.2, 0.25) is 0 Å². The summed E-state index contributed by atoms with van der Waals surface area (Å²) in [5.41, 5.74) is 1.35. The number of halogens is 1. The predicted octanol–water partition coefficient (Wildman–Crippen LogP) is 6.05. The molecule has 1 aromatic carbocycles. The summed E-state index contributed by atoms with van der Waals surface area (Å²) in [5.74, 6) is -0.222. The van der Waals surface area contributed by atoms with Gasteiger partial charge in [-0.3, -0.25) is 4.79 Å². The molecule has 148 valence electrons. The summed E-state index contributed by atoms with van der Waals surface area (Å²) in [6, 6.07) is 6.56. The normalized spacial score (nSPS) is 14.2. The standard InChI is InChI=1S/C22H35IO3/c1-10-15-11-12-16(13-17(15)23)22(8,9)18(25-20(2,3)4)14-19(24)26-21(5,6)7/h11-13,18H,10,14H2,1-9H3. The van der Waals surface area contributed by atoms with E-state index >= 15 is 0 Å². The smallest absolute Gasteiger partial charge is 0.308 e. The SMILES string of the molecule is CCc1ccc(C(C)(C)C(CC(=O)OC(C)(C)C)OC(C)(C)C)cc1I. The molecule has 0 aromatic heterocycles. The topological polar surface area (TPSA) is 35.5 Å². The average Bonchev–Trinajstić information content (AvgIpc) is 2.42. The Hall–Kier alpha value is -0.620. The van der Waals surface area contributed by atoms with E-state index in [0.717, 1.165) is 6.42 Å². The number of esters is 1. The van der Waals surface area contributed by atoms with E-state index in [2.05, 4.69) is 61.6 Å². The maximum Gasteiger partial charge on any atom is 0.308 e. The number of carbonyl (C=O) groups excluding carboxylic acids is 1. The first-order chi connectivity index (χ1) is 11.7. The van der Waals surface area contributed by atoms with E-state index in [4.69, 9.17) is 9.47 Å². The van der Waals surface area contributed by atoms with E-state index < -0.39 is 5.60 Å². The van der Waals surface area contributed by atoms with E-state index in [0.29, 0.717) is 0 Å². The second-order valence-corrected chi connectivity index (χ2v) is 10.6. The number of aryl methyl sites for hydroxylation is 1. The highest BCUT2D eigenvalue weighted by Gasteiger charge is 2.37. The van der Waals surface area contributed by atoms with Crippen molar-refractivity contribution in [1.29, 1.82) is 0 Å². The average molecular weight is 474 g/mol. The van der Waals surface area contributed by atoms with Gasteiger partial charge in [0.2, 0.25) is 0 Å². The molecule has 0 aliphatic heterocycles. The molecule has 1 rings (SSSR count). The van der Waals surface area contributed by atoms with Gasteiger partial charge in [-0.05, 0) is 87.7 Å². The Labute approximate surface area is 173 Å². The molecule has 0 aliphatic carbocycles. The fourth-order valence-electron chi connectivity index (χ4n) is 2.83. The van der Waals surface area contributed by atoms with Crippen LogP contribution in [0.5, 0.6) is 0 Å². The van der Waals surface area contributed by atoms with Crippen LogP contribution >= 0.6 is 22.6 Å². The molecule has 0 radical (unpaired) electrons. The van der Waals surface area contributed by atoms with Crippen LogP contribution in [0.4, 0.5) is 0 Å². The van der Waals surface area contributed by atoms with Gasteiger partial charge in [0.15, 0.2) is 0 Å². The second kappa shape index (κ2) is 8.59. The van der Waals surface area contributed by atoms with Crippen LogP contribution in [-0.2, 0) is 26.1 Å². The Morgan fingerprint density at radius 1 is 1.04 bits per heavy atom. The minimum absolute atomic E-state index is 0.222. The highest BCUT2D eigenvalue weighted by molar-refractivity contribution is 14.1. The zero-order chi connectivity index (χ0) is 20.3. The largest absolute Gasteiger partial charge is 0.460 e. The highest BCUT2D eigenvalue weighted by atomic mass is 127. The van der Waals surface area contributed by atoms with E-state index in [9.17, 15) is 4.79 Å². The van der Waals surface area contributed by atoms with Gasteiger partial charge in [-0.2, -0.15) is 0 Å². The molecule has 0 heterocycles. The van der Waals surface area contributed by atoms with Gasteiger partial charge in [-0.25, -0.2) is 0 Å². The zero-order valence-electron chi connectivity index (χ0n) is 17.8. The number of hydrogen-bond acceptors (Lipinski definition) is 3. The van der Waals surface area contributed by atoms with Crippen molar-refractivity contribution in [2.45, 2.75) is 97.9 Å². The Balaban J connectivity index is 3.18. The number of hydrogen-bond donors (Lipinski definition) is 0. The first-order valence-corrected chi connectivity index (χ1v) is 10.4. The quantitative estimate of drug-likeness (QED) is 0.372. The molecule has 0 bridgehead atoms. The molecule has 4 heteroatoms. The number of benzene rings is 1. The maximum atomic E-state index is 12.5. The fourth-order valence-corrected chi connectivity index (χ4v) is 3.72. The van der Waals surface area contributed by atoms with Gasteiger partial charge in [0.25, 0.3) is 0 Å². The summed E-state index contributed by atoms with van der Waals surface area (Å²) in [5, 5.41) is 0. The Kier molecular flexibility index (Phi) is 7.74. The number of rotatable bonds is 6. The molecule has 0 saturated carbocycles.